The van der Waals surface area contributed by atoms with E-state index in [-0.39, 0.29) is 12.2 Å². The van der Waals surface area contributed by atoms with Crippen molar-refractivity contribution in [3.63, 3.8) is 0 Å². The number of hydrogen-bond acceptors (Lipinski definition) is 3. The van der Waals surface area contributed by atoms with Crippen molar-refractivity contribution in [1.82, 2.24) is 4.98 Å². The van der Waals surface area contributed by atoms with Crippen molar-refractivity contribution in [2.75, 3.05) is 14.2 Å². The Kier molecular flexibility index (Phi) is 4.02. The van der Waals surface area contributed by atoms with Crippen LogP contribution in [0.4, 0.5) is 4.39 Å². The molecule has 1 N–H and O–H groups in total. The summed E-state index contributed by atoms with van der Waals surface area (Å²) in [5.74, 6) is 0.641. The second-order valence-electron chi connectivity index (χ2n) is 5.17. The van der Waals surface area contributed by atoms with Gasteiger partial charge in [-0.15, -0.1) is 0 Å². The number of aromatic amines is 1. The largest absolute Gasteiger partial charge is 0.497 e. The third-order valence-electron chi connectivity index (χ3n) is 3.79. The second-order valence-corrected chi connectivity index (χ2v) is 5.17. The van der Waals surface area contributed by atoms with Crippen LogP contribution in [-0.4, -0.2) is 25.0 Å². The van der Waals surface area contributed by atoms with Gasteiger partial charge in [0.25, 0.3) is 0 Å². The number of ketones is 1. The van der Waals surface area contributed by atoms with E-state index >= 15 is 0 Å². The average Bonchev–Trinajstić information content (AvgIpc) is 2.99. The average molecular weight is 313 g/mol. The van der Waals surface area contributed by atoms with Gasteiger partial charge in [-0.2, -0.15) is 0 Å². The molecular weight excluding hydrogens is 297 g/mol. The highest BCUT2D eigenvalue weighted by atomic mass is 19.1. The van der Waals surface area contributed by atoms with Crippen LogP contribution in [0.15, 0.2) is 42.6 Å². The van der Waals surface area contributed by atoms with Gasteiger partial charge in [-0.25, -0.2) is 4.39 Å². The highest BCUT2D eigenvalue weighted by molar-refractivity contribution is 6.08. The minimum atomic E-state index is -0.391. The van der Waals surface area contributed by atoms with E-state index in [9.17, 15) is 9.18 Å². The molecule has 0 aliphatic heterocycles. The molecule has 0 spiro atoms. The fourth-order valence-electron chi connectivity index (χ4n) is 2.60. The normalized spacial score (nSPS) is 10.7. The number of methoxy groups -OCH3 is 2. The first-order chi connectivity index (χ1) is 11.1. The molecule has 23 heavy (non-hydrogen) atoms. The molecule has 0 aliphatic carbocycles. The first-order valence-electron chi connectivity index (χ1n) is 7.13. The lowest BCUT2D eigenvalue weighted by Gasteiger charge is -2.07. The Morgan fingerprint density at radius 1 is 1.13 bits per heavy atom. The quantitative estimate of drug-likeness (QED) is 0.730. The molecule has 0 atom stereocenters. The minimum absolute atomic E-state index is 0.0636. The molecule has 3 rings (SSSR count). The number of ether oxygens (including phenoxy) is 2. The number of hydrogen-bond donors (Lipinski definition) is 1. The van der Waals surface area contributed by atoms with Crippen molar-refractivity contribution < 1.29 is 18.7 Å². The first kappa shape index (κ1) is 15.1. The number of benzene rings is 2. The van der Waals surface area contributed by atoms with Crippen molar-refractivity contribution in [1.29, 1.82) is 0 Å². The van der Waals surface area contributed by atoms with Gasteiger partial charge in [0.05, 0.1) is 14.2 Å². The molecule has 0 radical (unpaired) electrons. The highest BCUT2D eigenvalue weighted by Gasteiger charge is 2.15. The molecule has 0 saturated carbocycles. The maximum atomic E-state index is 13.2. The Labute approximate surface area is 132 Å². The van der Waals surface area contributed by atoms with E-state index in [1.165, 1.54) is 19.2 Å². The third kappa shape index (κ3) is 2.90. The van der Waals surface area contributed by atoms with Crippen LogP contribution < -0.4 is 9.47 Å². The number of aromatic nitrogens is 1. The van der Waals surface area contributed by atoms with Crippen molar-refractivity contribution in [3.8, 4) is 11.5 Å². The van der Waals surface area contributed by atoms with Gasteiger partial charge in [-0.1, -0.05) is 6.07 Å². The summed E-state index contributed by atoms with van der Waals surface area (Å²) in [6, 6.07) is 9.67. The van der Waals surface area contributed by atoms with E-state index in [0.717, 1.165) is 16.7 Å². The van der Waals surface area contributed by atoms with Crippen molar-refractivity contribution in [2.24, 2.45) is 0 Å². The molecule has 0 bridgehead atoms. The van der Waals surface area contributed by atoms with Crippen molar-refractivity contribution >= 4 is 16.7 Å². The third-order valence-corrected chi connectivity index (χ3v) is 3.79. The Bertz CT molecular complexity index is 870. The lowest BCUT2D eigenvalue weighted by Crippen LogP contribution is -2.04. The zero-order chi connectivity index (χ0) is 16.4. The van der Waals surface area contributed by atoms with Gasteiger partial charge in [0.2, 0.25) is 0 Å². The summed E-state index contributed by atoms with van der Waals surface area (Å²) < 4.78 is 23.6. The highest BCUT2D eigenvalue weighted by Crippen LogP contribution is 2.26. The number of nitrogens with one attached hydrogen (secondary N) is 1. The summed E-state index contributed by atoms with van der Waals surface area (Å²) in [6.07, 6.45) is 1.82. The number of H-pyrrole nitrogens is 1. The van der Waals surface area contributed by atoms with Crippen LogP contribution in [0, 0.1) is 5.82 Å². The van der Waals surface area contributed by atoms with Crippen LogP contribution in [0.1, 0.15) is 15.9 Å². The number of fused-ring (bicyclic) bond motifs is 1. The molecule has 3 aromatic rings. The van der Waals surface area contributed by atoms with Crippen LogP contribution >= 0.6 is 0 Å². The fourth-order valence-corrected chi connectivity index (χ4v) is 2.60. The second kappa shape index (κ2) is 6.12. The fraction of sp³-hybridized carbons (Fsp3) is 0.167. The predicted molar refractivity (Wildman–Crippen MR) is 85.8 cm³/mol. The molecule has 0 amide bonds. The molecule has 0 aliphatic rings. The van der Waals surface area contributed by atoms with E-state index in [4.69, 9.17) is 9.47 Å². The summed E-state index contributed by atoms with van der Waals surface area (Å²) >= 11 is 0. The maximum absolute atomic E-state index is 13.2. The SMILES string of the molecule is COc1ccc2c(C(=O)Cc3ccc(F)cc3OC)c[nH]c2c1. The van der Waals surface area contributed by atoms with Gasteiger partial charge in [0.15, 0.2) is 5.78 Å². The first-order valence-corrected chi connectivity index (χ1v) is 7.13. The summed E-state index contributed by atoms with van der Waals surface area (Å²) in [7, 11) is 3.05. The van der Waals surface area contributed by atoms with Gasteiger partial charge >= 0.3 is 0 Å². The molecule has 118 valence electrons. The minimum Gasteiger partial charge on any atom is -0.497 e. The predicted octanol–water partition coefficient (Wildman–Crippen LogP) is 3.75. The van der Waals surface area contributed by atoms with Crippen LogP contribution in [0.2, 0.25) is 0 Å². The summed E-state index contributed by atoms with van der Waals surface area (Å²) in [6.45, 7) is 0. The van der Waals surface area contributed by atoms with Gasteiger partial charge in [0.1, 0.15) is 17.3 Å². The molecule has 0 saturated heterocycles. The van der Waals surface area contributed by atoms with E-state index in [2.05, 4.69) is 4.98 Å². The maximum Gasteiger partial charge on any atom is 0.169 e. The van der Waals surface area contributed by atoms with Gasteiger partial charge in [0, 0.05) is 46.8 Å². The van der Waals surface area contributed by atoms with E-state index < -0.39 is 5.82 Å². The van der Waals surface area contributed by atoms with Gasteiger partial charge in [-0.3, -0.25) is 4.79 Å². The Hall–Kier alpha value is -2.82. The molecule has 5 heteroatoms. The Morgan fingerprint density at radius 3 is 2.70 bits per heavy atom. The number of carbonyl (C=O) groups is 1. The van der Waals surface area contributed by atoms with E-state index in [1.807, 2.05) is 18.2 Å². The lowest BCUT2D eigenvalue weighted by atomic mass is 10.0. The summed E-state index contributed by atoms with van der Waals surface area (Å²) in [5, 5.41) is 0.830. The molecule has 4 nitrogen and oxygen atoms in total. The molecule has 0 unspecified atom stereocenters. The zero-order valence-corrected chi connectivity index (χ0v) is 12.9. The number of carbonyl (C=O) groups excluding carboxylic acids is 1. The Balaban J connectivity index is 1.92. The van der Waals surface area contributed by atoms with Crippen LogP contribution in [0.5, 0.6) is 11.5 Å². The standard InChI is InChI=1S/C18H16FNO3/c1-22-13-5-6-14-15(10-20-16(14)9-13)17(21)7-11-3-4-12(19)8-18(11)23-2/h3-6,8-10,20H,7H2,1-2H3. The van der Waals surface area contributed by atoms with Crippen LogP contribution in [0.3, 0.4) is 0 Å². The van der Waals surface area contributed by atoms with Gasteiger partial charge in [-0.05, 0) is 18.2 Å². The molecule has 2 aromatic carbocycles. The van der Waals surface area contributed by atoms with Crippen LogP contribution in [0.25, 0.3) is 10.9 Å². The lowest BCUT2D eigenvalue weighted by molar-refractivity contribution is 0.0993. The summed E-state index contributed by atoms with van der Waals surface area (Å²) in [5.41, 5.74) is 2.08. The van der Waals surface area contributed by atoms with Crippen molar-refractivity contribution in [3.05, 3.63) is 59.5 Å². The topological polar surface area (TPSA) is 51.3 Å². The molecule has 1 heterocycles. The zero-order valence-electron chi connectivity index (χ0n) is 12.9. The van der Waals surface area contributed by atoms with E-state index in [0.29, 0.717) is 16.9 Å². The Morgan fingerprint density at radius 2 is 1.96 bits per heavy atom. The summed E-state index contributed by atoms with van der Waals surface area (Å²) in [4.78, 5) is 15.7. The smallest absolute Gasteiger partial charge is 0.169 e. The molecule has 0 fully saturated rings. The molecular formula is C18H16FNO3. The number of halogens is 1. The van der Waals surface area contributed by atoms with E-state index in [1.54, 1.807) is 19.4 Å². The van der Waals surface area contributed by atoms with Crippen molar-refractivity contribution in [2.45, 2.75) is 6.42 Å². The van der Waals surface area contributed by atoms with Crippen LogP contribution in [-0.2, 0) is 6.42 Å². The number of Topliss-reactive ketones (excluding diaryl/α,β-unsaturated/α-hetero) is 1. The molecule has 1 aromatic heterocycles. The number of rotatable bonds is 5. The monoisotopic (exact) mass is 313 g/mol. The van der Waals surface area contributed by atoms with Gasteiger partial charge < -0.3 is 14.5 Å².